The number of hydrogen-bond donors (Lipinski definition) is 1. The summed E-state index contributed by atoms with van der Waals surface area (Å²) in [5, 5.41) is 12.5. The summed E-state index contributed by atoms with van der Waals surface area (Å²) in [5.74, 6) is -1.43. The van der Waals surface area contributed by atoms with Crippen LogP contribution in [0.2, 0.25) is 0 Å². The van der Waals surface area contributed by atoms with Crippen LogP contribution in [-0.2, 0) is 4.79 Å². The van der Waals surface area contributed by atoms with Gasteiger partial charge in [-0.3, -0.25) is 9.59 Å². The Hall–Kier alpha value is -2.91. The van der Waals surface area contributed by atoms with E-state index >= 15 is 0 Å². The molecule has 1 amide bonds. The van der Waals surface area contributed by atoms with E-state index in [2.05, 4.69) is 11.4 Å². The van der Waals surface area contributed by atoms with Gasteiger partial charge in [-0.2, -0.15) is 5.26 Å². The van der Waals surface area contributed by atoms with Crippen molar-refractivity contribution in [1.29, 1.82) is 5.26 Å². The fourth-order valence-electron chi connectivity index (χ4n) is 2.80. The van der Waals surface area contributed by atoms with Gasteiger partial charge >= 0.3 is 0 Å². The second-order valence-corrected chi connectivity index (χ2v) is 6.74. The maximum atomic E-state index is 14.1. The van der Waals surface area contributed by atoms with Crippen LogP contribution >= 0.6 is 11.8 Å². The lowest BCUT2D eigenvalue weighted by Gasteiger charge is -2.25. The second kappa shape index (κ2) is 7.98. The van der Waals surface area contributed by atoms with Crippen molar-refractivity contribution < 1.29 is 14.0 Å². The summed E-state index contributed by atoms with van der Waals surface area (Å²) in [4.78, 5) is 24.3. The van der Waals surface area contributed by atoms with E-state index in [4.69, 9.17) is 0 Å². The van der Waals surface area contributed by atoms with E-state index in [9.17, 15) is 19.2 Å². The minimum absolute atomic E-state index is 0.000514. The average Bonchev–Trinajstić information content (AvgIpc) is 2.66. The van der Waals surface area contributed by atoms with Crippen molar-refractivity contribution in [2.45, 2.75) is 12.3 Å². The van der Waals surface area contributed by atoms with Crippen LogP contribution in [0, 0.1) is 17.1 Å². The standard InChI is InChI=1S/C20H15FN2O2S/c21-17-9-5-4-8-14(17)15-10-19(25)23-20(16(15)11-22)26-12-18(24)13-6-2-1-3-7-13/h1-9,15H,10,12H2,(H,23,25)/t15-/m1/s1. The first-order valence-electron chi connectivity index (χ1n) is 7.99. The summed E-state index contributed by atoms with van der Waals surface area (Å²) in [6.45, 7) is 0. The maximum absolute atomic E-state index is 14.1. The molecule has 0 saturated carbocycles. The van der Waals surface area contributed by atoms with Crippen LogP contribution in [0.5, 0.6) is 0 Å². The van der Waals surface area contributed by atoms with Gasteiger partial charge in [-0.05, 0) is 11.6 Å². The lowest BCUT2D eigenvalue weighted by Crippen LogP contribution is -2.31. The number of rotatable bonds is 5. The zero-order chi connectivity index (χ0) is 18.5. The molecular weight excluding hydrogens is 351 g/mol. The molecule has 0 aliphatic carbocycles. The Morgan fingerprint density at radius 2 is 1.88 bits per heavy atom. The van der Waals surface area contributed by atoms with Gasteiger partial charge in [0, 0.05) is 17.9 Å². The van der Waals surface area contributed by atoms with E-state index in [1.165, 1.54) is 6.07 Å². The molecule has 0 bridgehead atoms. The molecule has 0 aromatic heterocycles. The fourth-order valence-corrected chi connectivity index (χ4v) is 3.77. The molecule has 1 N–H and O–H groups in total. The molecule has 1 atom stereocenters. The Bertz CT molecular complexity index is 919. The van der Waals surface area contributed by atoms with Gasteiger partial charge in [-0.25, -0.2) is 4.39 Å². The molecular formula is C20H15FN2O2S. The number of nitrogens with zero attached hydrogens (tertiary/aromatic N) is 1. The molecule has 0 radical (unpaired) electrons. The molecule has 26 heavy (non-hydrogen) atoms. The quantitative estimate of drug-likeness (QED) is 0.818. The Labute approximate surface area is 154 Å². The number of nitriles is 1. The van der Waals surface area contributed by atoms with Crippen LogP contribution in [-0.4, -0.2) is 17.4 Å². The minimum atomic E-state index is -0.649. The number of thioether (sulfide) groups is 1. The molecule has 0 fully saturated rings. The Morgan fingerprint density at radius 3 is 2.58 bits per heavy atom. The first-order chi connectivity index (χ1) is 12.6. The number of carbonyl (C=O) groups excluding carboxylic acids is 2. The molecule has 1 aliphatic rings. The number of Topliss-reactive ketones (excluding diaryl/α,β-unsaturated/α-hetero) is 1. The lowest BCUT2D eigenvalue weighted by molar-refractivity contribution is -0.120. The van der Waals surface area contributed by atoms with Crippen molar-refractivity contribution in [3.8, 4) is 6.07 Å². The van der Waals surface area contributed by atoms with Gasteiger partial charge < -0.3 is 5.32 Å². The summed E-state index contributed by atoms with van der Waals surface area (Å²) < 4.78 is 14.1. The van der Waals surface area contributed by atoms with Crippen LogP contribution in [0.1, 0.15) is 28.3 Å². The van der Waals surface area contributed by atoms with Crippen molar-refractivity contribution in [1.82, 2.24) is 5.32 Å². The average molecular weight is 366 g/mol. The van der Waals surface area contributed by atoms with Crippen LogP contribution in [0.4, 0.5) is 4.39 Å². The molecule has 6 heteroatoms. The fraction of sp³-hybridized carbons (Fsp3) is 0.150. The molecule has 130 valence electrons. The first kappa shape index (κ1) is 17.9. The van der Waals surface area contributed by atoms with E-state index in [1.807, 2.05) is 6.07 Å². The van der Waals surface area contributed by atoms with Gasteiger partial charge in [0.2, 0.25) is 5.91 Å². The van der Waals surface area contributed by atoms with Gasteiger partial charge in [0.15, 0.2) is 5.78 Å². The molecule has 2 aromatic rings. The normalized spacial score (nSPS) is 16.8. The number of nitrogens with one attached hydrogen (secondary N) is 1. The smallest absolute Gasteiger partial charge is 0.225 e. The Morgan fingerprint density at radius 1 is 1.19 bits per heavy atom. The number of ketones is 1. The number of allylic oxidation sites excluding steroid dienone is 1. The second-order valence-electron chi connectivity index (χ2n) is 5.76. The highest BCUT2D eigenvalue weighted by atomic mass is 32.2. The molecule has 1 aliphatic heterocycles. The molecule has 0 spiro atoms. The molecule has 1 heterocycles. The summed E-state index contributed by atoms with van der Waals surface area (Å²) in [5.41, 5.74) is 1.15. The highest BCUT2D eigenvalue weighted by Gasteiger charge is 2.31. The van der Waals surface area contributed by atoms with Gasteiger partial charge in [0.1, 0.15) is 5.82 Å². The topological polar surface area (TPSA) is 70.0 Å². The summed E-state index contributed by atoms with van der Waals surface area (Å²) in [6, 6.07) is 17.0. The number of carbonyl (C=O) groups is 2. The molecule has 4 nitrogen and oxygen atoms in total. The summed E-state index contributed by atoms with van der Waals surface area (Å²) >= 11 is 1.09. The van der Waals surface area contributed by atoms with Gasteiger partial charge in [-0.15, -0.1) is 0 Å². The van der Waals surface area contributed by atoms with Crippen molar-refractivity contribution in [3.63, 3.8) is 0 Å². The van der Waals surface area contributed by atoms with Gasteiger partial charge in [-0.1, -0.05) is 60.3 Å². The van der Waals surface area contributed by atoms with Gasteiger partial charge in [0.25, 0.3) is 0 Å². The highest BCUT2D eigenvalue weighted by Crippen LogP contribution is 2.37. The van der Waals surface area contributed by atoms with E-state index in [1.54, 1.807) is 42.5 Å². The summed E-state index contributed by atoms with van der Waals surface area (Å²) in [6.07, 6.45) is 0.000514. The number of hydrogen-bond acceptors (Lipinski definition) is 4. The number of halogens is 1. The van der Waals surface area contributed by atoms with Crippen molar-refractivity contribution in [2.75, 3.05) is 5.75 Å². The maximum Gasteiger partial charge on any atom is 0.225 e. The largest absolute Gasteiger partial charge is 0.320 e. The van der Waals surface area contributed by atoms with Crippen LogP contribution in [0.15, 0.2) is 65.2 Å². The van der Waals surface area contributed by atoms with Crippen LogP contribution in [0.25, 0.3) is 0 Å². The lowest BCUT2D eigenvalue weighted by atomic mass is 9.87. The summed E-state index contributed by atoms with van der Waals surface area (Å²) in [7, 11) is 0. The van der Waals surface area contributed by atoms with E-state index in [0.29, 0.717) is 16.2 Å². The highest BCUT2D eigenvalue weighted by molar-refractivity contribution is 8.03. The number of amides is 1. The van der Waals surface area contributed by atoms with E-state index in [0.717, 1.165) is 11.8 Å². The SMILES string of the molecule is N#CC1=C(SCC(=O)c2ccccc2)NC(=O)C[C@@H]1c1ccccc1F. The van der Waals surface area contributed by atoms with Crippen molar-refractivity contribution >= 4 is 23.5 Å². The molecule has 0 saturated heterocycles. The zero-order valence-corrected chi connectivity index (χ0v) is 14.6. The molecule has 2 aromatic carbocycles. The van der Waals surface area contributed by atoms with E-state index in [-0.39, 0.29) is 29.4 Å². The van der Waals surface area contributed by atoms with Crippen molar-refractivity contribution in [3.05, 3.63) is 82.1 Å². The first-order valence-corrected chi connectivity index (χ1v) is 8.98. The third kappa shape index (κ3) is 3.84. The third-order valence-electron chi connectivity index (χ3n) is 4.08. The van der Waals surface area contributed by atoms with Crippen LogP contribution in [0.3, 0.4) is 0 Å². The Kier molecular flexibility index (Phi) is 5.49. The number of benzene rings is 2. The minimum Gasteiger partial charge on any atom is -0.320 e. The molecule has 3 rings (SSSR count). The Balaban J connectivity index is 1.86. The van der Waals surface area contributed by atoms with Crippen molar-refractivity contribution in [2.24, 2.45) is 0 Å². The van der Waals surface area contributed by atoms with E-state index < -0.39 is 11.7 Å². The monoisotopic (exact) mass is 366 g/mol. The van der Waals surface area contributed by atoms with Crippen LogP contribution < -0.4 is 5.32 Å². The predicted octanol–water partition coefficient (Wildman–Crippen LogP) is 3.78. The zero-order valence-electron chi connectivity index (χ0n) is 13.7. The third-order valence-corrected chi connectivity index (χ3v) is 5.10. The predicted molar refractivity (Wildman–Crippen MR) is 97.8 cm³/mol. The van der Waals surface area contributed by atoms with Gasteiger partial charge in [0.05, 0.1) is 22.4 Å². The molecule has 0 unspecified atom stereocenters.